The third-order valence-corrected chi connectivity index (χ3v) is 3.54. The van der Waals surface area contributed by atoms with E-state index in [4.69, 9.17) is 5.73 Å². The molecule has 0 atom stereocenters. The molecule has 5 heteroatoms. The van der Waals surface area contributed by atoms with Crippen LogP contribution in [0.3, 0.4) is 0 Å². The number of aromatic nitrogens is 2. The van der Waals surface area contributed by atoms with Gasteiger partial charge in [0.05, 0.1) is 0 Å². The molecule has 0 aliphatic heterocycles. The Morgan fingerprint density at radius 2 is 1.60 bits per heavy atom. The first-order chi connectivity index (χ1) is 9.65. The lowest BCUT2D eigenvalue weighted by molar-refractivity contribution is 0.144. The van der Waals surface area contributed by atoms with E-state index in [1.165, 1.54) is 36.8 Å². The Morgan fingerprint density at radius 1 is 1.05 bits per heavy atom. The molecular formula is C15H27F2N3. The normalized spacial score (nSPS) is 11.4. The lowest BCUT2D eigenvalue weighted by Gasteiger charge is -2.03. The van der Waals surface area contributed by atoms with Crippen molar-refractivity contribution in [1.82, 2.24) is 9.78 Å². The molecule has 0 saturated carbocycles. The fourth-order valence-electron chi connectivity index (χ4n) is 2.45. The first-order valence-electron chi connectivity index (χ1n) is 7.65. The number of unbranched alkanes of at least 4 members (excludes halogenated alkanes) is 7. The highest BCUT2D eigenvalue weighted by molar-refractivity contribution is 5.18. The second kappa shape index (κ2) is 9.86. The predicted octanol–water partition coefficient (Wildman–Crippen LogP) is 3.98. The molecule has 1 heterocycles. The van der Waals surface area contributed by atoms with Crippen molar-refractivity contribution in [3.8, 4) is 0 Å². The van der Waals surface area contributed by atoms with Crippen LogP contribution < -0.4 is 5.73 Å². The van der Waals surface area contributed by atoms with Crippen LogP contribution in [0, 0.1) is 0 Å². The maximum Gasteiger partial charge on any atom is 0.282 e. The predicted molar refractivity (Wildman–Crippen MR) is 77.9 cm³/mol. The van der Waals surface area contributed by atoms with Crippen LogP contribution in [0.2, 0.25) is 0 Å². The topological polar surface area (TPSA) is 43.8 Å². The number of halogens is 2. The highest BCUT2D eigenvalue weighted by atomic mass is 19.3. The van der Waals surface area contributed by atoms with Gasteiger partial charge in [-0.15, -0.1) is 0 Å². The van der Waals surface area contributed by atoms with E-state index in [1.54, 1.807) is 13.2 Å². The lowest BCUT2D eigenvalue weighted by atomic mass is 10.0. The first kappa shape index (κ1) is 17.1. The van der Waals surface area contributed by atoms with Crippen molar-refractivity contribution in [2.45, 2.75) is 64.2 Å². The van der Waals surface area contributed by atoms with Gasteiger partial charge in [0.1, 0.15) is 5.69 Å². The molecular weight excluding hydrogens is 260 g/mol. The summed E-state index contributed by atoms with van der Waals surface area (Å²) in [5.74, 6) is 0. The van der Waals surface area contributed by atoms with Crippen LogP contribution in [-0.2, 0) is 13.5 Å². The number of aryl methyl sites for hydroxylation is 2. The van der Waals surface area contributed by atoms with Crippen molar-refractivity contribution in [1.29, 1.82) is 0 Å². The minimum Gasteiger partial charge on any atom is -0.330 e. The average Bonchev–Trinajstić information content (AvgIpc) is 2.78. The summed E-state index contributed by atoms with van der Waals surface area (Å²) in [6.07, 6.45) is 9.32. The van der Waals surface area contributed by atoms with Crippen LogP contribution in [0.4, 0.5) is 8.78 Å². The zero-order chi connectivity index (χ0) is 14.8. The summed E-state index contributed by atoms with van der Waals surface area (Å²) in [6, 6.07) is 0. The van der Waals surface area contributed by atoms with Crippen LogP contribution in [0.1, 0.15) is 69.0 Å². The SMILES string of the molecule is Cn1cc(CCCCCCCCCCN)c(C(F)F)n1. The molecule has 0 aromatic carbocycles. The van der Waals surface area contributed by atoms with Crippen LogP contribution in [0.25, 0.3) is 0 Å². The molecule has 0 aliphatic rings. The highest BCUT2D eigenvalue weighted by Gasteiger charge is 2.16. The average molecular weight is 287 g/mol. The van der Waals surface area contributed by atoms with Crippen molar-refractivity contribution in [2.75, 3.05) is 6.54 Å². The van der Waals surface area contributed by atoms with Gasteiger partial charge < -0.3 is 5.73 Å². The molecule has 0 radical (unpaired) electrons. The van der Waals surface area contributed by atoms with Crippen LogP contribution >= 0.6 is 0 Å². The number of rotatable bonds is 11. The zero-order valence-corrected chi connectivity index (χ0v) is 12.5. The van der Waals surface area contributed by atoms with Gasteiger partial charge in [-0.2, -0.15) is 5.10 Å². The molecule has 0 fully saturated rings. The number of nitrogens with zero attached hydrogens (tertiary/aromatic N) is 2. The summed E-state index contributed by atoms with van der Waals surface area (Å²) in [4.78, 5) is 0. The van der Waals surface area contributed by atoms with E-state index in [1.807, 2.05) is 0 Å². The van der Waals surface area contributed by atoms with Gasteiger partial charge in [0, 0.05) is 13.2 Å². The molecule has 0 bridgehead atoms. The van der Waals surface area contributed by atoms with Crippen LogP contribution in [-0.4, -0.2) is 16.3 Å². The number of hydrogen-bond donors (Lipinski definition) is 1. The second-order valence-electron chi connectivity index (χ2n) is 5.38. The fraction of sp³-hybridized carbons (Fsp3) is 0.800. The van der Waals surface area contributed by atoms with Gasteiger partial charge in [0.15, 0.2) is 0 Å². The Morgan fingerprint density at radius 3 is 2.15 bits per heavy atom. The van der Waals surface area contributed by atoms with Gasteiger partial charge >= 0.3 is 0 Å². The largest absolute Gasteiger partial charge is 0.330 e. The number of alkyl halides is 2. The van der Waals surface area contributed by atoms with Gasteiger partial charge in [-0.1, -0.05) is 38.5 Å². The van der Waals surface area contributed by atoms with Crippen LogP contribution in [0.5, 0.6) is 0 Å². The highest BCUT2D eigenvalue weighted by Crippen LogP contribution is 2.22. The Bertz CT molecular complexity index is 364. The van der Waals surface area contributed by atoms with E-state index < -0.39 is 6.43 Å². The van der Waals surface area contributed by atoms with Gasteiger partial charge in [0.25, 0.3) is 6.43 Å². The third kappa shape index (κ3) is 6.46. The second-order valence-corrected chi connectivity index (χ2v) is 5.38. The minimum atomic E-state index is -2.46. The van der Waals surface area contributed by atoms with E-state index in [0.717, 1.165) is 25.8 Å². The Kier molecular flexibility index (Phi) is 8.42. The molecule has 20 heavy (non-hydrogen) atoms. The minimum absolute atomic E-state index is 0.0470. The maximum atomic E-state index is 12.7. The molecule has 1 aromatic rings. The Balaban J connectivity index is 2.09. The monoisotopic (exact) mass is 287 g/mol. The van der Waals surface area contributed by atoms with E-state index in [-0.39, 0.29) is 5.69 Å². The first-order valence-corrected chi connectivity index (χ1v) is 7.65. The van der Waals surface area contributed by atoms with E-state index in [2.05, 4.69) is 5.10 Å². The summed E-state index contributed by atoms with van der Waals surface area (Å²) >= 11 is 0. The summed E-state index contributed by atoms with van der Waals surface area (Å²) in [7, 11) is 1.69. The molecule has 0 saturated heterocycles. The van der Waals surface area contributed by atoms with Crippen molar-refractivity contribution in [3.05, 3.63) is 17.5 Å². The Labute approximate surface area is 120 Å². The van der Waals surface area contributed by atoms with E-state index in [0.29, 0.717) is 12.0 Å². The summed E-state index contributed by atoms with van der Waals surface area (Å²) in [5.41, 5.74) is 6.09. The Hall–Kier alpha value is -0.970. The molecule has 2 N–H and O–H groups in total. The van der Waals surface area contributed by atoms with Gasteiger partial charge in [-0.05, 0) is 31.4 Å². The van der Waals surface area contributed by atoms with Crippen molar-refractivity contribution in [2.24, 2.45) is 12.8 Å². The number of hydrogen-bond acceptors (Lipinski definition) is 2. The van der Waals surface area contributed by atoms with Gasteiger partial charge in [0.2, 0.25) is 0 Å². The molecule has 116 valence electrons. The standard InChI is InChI=1S/C15H27F2N3/c1-20-12-13(14(19-20)15(16)17)10-8-6-4-2-3-5-7-9-11-18/h12,15H,2-11,18H2,1H3. The van der Waals surface area contributed by atoms with E-state index >= 15 is 0 Å². The van der Waals surface area contributed by atoms with E-state index in [9.17, 15) is 8.78 Å². The van der Waals surface area contributed by atoms with Gasteiger partial charge in [-0.25, -0.2) is 8.78 Å². The molecule has 1 aromatic heterocycles. The number of nitrogens with two attached hydrogens (primary N) is 1. The quantitative estimate of drug-likeness (QED) is 0.626. The summed E-state index contributed by atoms with van der Waals surface area (Å²) in [5, 5.41) is 3.82. The molecule has 0 spiro atoms. The lowest BCUT2D eigenvalue weighted by Crippen LogP contribution is -1.97. The fourth-order valence-corrected chi connectivity index (χ4v) is 2.45. The smallest absolute Gasteiger partial charge is 0.282 e. The summed E-state index contributed by atoms with van der Waals surface area (Å²) in [6.45, 7) is 0.789. The molecule has 1 rings (SSSR count). The van der Waals surface area contributed by atoms with Crippen LogP contribution in [0.15, 0.2) is 6.20 Å². The maximum absolute atomic E-state index is 12.7. The van der Waals surface area contributed by atoms with Gasteiger partial charge in [-0.3, -0.25) is 4.68 Å². The van der Waals surface area contributed by atoms with Crippen molar-refractivity contribution in [3.63, 3.8) is 0 Å². The zero-order valence-electron chi connectivity index (χ0n) is 12.5. The third-order valence-electron chi connectivity index (χ3n) is 3.54. The van der Waals surface area contributed by atoms with Crippen molar-refractivity contribution >= 4 is 0 Å². The molecule has 0 unspecified atom stereocenters. The van der Waals surface area contributed by atoms with Crippen molar-refractivity contribution < 1.29 is 8.78 Å². The molecule has 0 aliphatic carbocycles. The summed E-state index contributed by atoms with van der Waals surface area (Å²) < 4.78 is 26.9. The molecule has 3 nitrogen and oxygen atoms in total. The molecule has 0 amide bonds.